The normalized spacial score (nSPS) is 12.5. The maximum absolute atomic E-state index is 13.9. The van der Waals surface area contributed by atoms with Gasteiger partial charge in [0.05, 0.1) is 28.3 Å². The summed E-state index contributed by atoms with van der Waals surface area (Å²) in [6, 6.07) is 14.5. The zero-order valence-corrected chi connectivity index (χ0v) is 24.9. The second kappa shape index (κ2) is 13.5. The first-order valence-corrected chi connectivity index (χ1v) is 14.6. The molecule has 0 spiro atoms. The summed E-state index contributed by atoms with van der Waals surface area (Å²) >= 11 is 6.25. The Morgan fingerprint density at radius 2 is 1.64 bits per heavy atom. The van der Waals surface area contributed by atoms with Crippen LogP contribution in [0.2, 0.25) is 5.02 Å². The number of benzene rings is 3. The third kappa shape index (κ3) is 7.95. The molecule has 0 aliphatic rings. The molecule has 0 saturated heterocycles. The minimum atomic E-state index is -4.81. The van der Waals surface area contributed by atoms with Gasteiger partial charge in [-0.1, -0.05) is 41.9 Å². The number of nitrogens with zero attached hydrogens (tertiary/aromatic N) is 2. The summed E-state index contributed by atoms with van der Waals surface area (Å²) < 4.78 is 74.3. The molecule has 0 radical (unpaired) electrons. The zero-order valence-electron chi connectivity index (χ0n) is 23.4. The number of sulfonamides is 1. The van der Waals surface area contributed by atoms with E-state index in [0.717, 1.165) is 11.0 Å². The molecule has 0 heterocycles. The lowest BCUT2D eigenvalue weighted by atomic mass is 10.1. The average molecular weight is 626 g/mol. The molecule has 3 aromatic rings. The molecule has 1 unspecified atom stereocenters. The van der Waals surface area contributed by atoms with Gasteiger partial charge in [0.25, 0.3) is 10.0 Å². The summed E-state index contributed by atoms with van der Waals surface area (Å²) in [7, 11) is -3.14. The van der Waals surface area contributed by atoms with Crippen molar-refractivity contribution in [3.8, 4) is 5.75 Å². The molecule has 3 rings (SSSR count). The largest absolute Gasteiger partial charge is 0.497 e. The number of hydrogen-bond acceptors (Lipinski definition) is 5. The van der Waals surface area contributed by atoms with Gasteiger partial charge in [-0.15, -0.1) is 0 Å². The Bertz CT molecular complexity index is 1520. The van der Waals surface area contributed by atoms with E-state index < -0.39 is 51.9 Å². The fourth-order valence-electron chi connectivity index (χ4n) is 4.07. The van der Waals surface area contributed by atoms with E-state index in [9.17, 15) is 31.2 Å². The van der Waals surface area contributed by atoms with Crippen LogP contribution in [0.1, 0.15) is 31.9 Å². The van der Waals surface area contributed by atoms with Crippen molar-refractivity contribution in [2.75, 3.05) is 18.0 Å². The van der Waals surface area contributed by atoms with Crippen molar-refractivity contribution in [1.82, 2.24) is 10.2 Å². The molecule has 1 N–H and O–H groups in total. The predicted molar refractivity (Wildman–Crippen MR) is 154 cm³/mol. The number of anilines is 1. The third-order valence-electron chi connectivity index (χ3n) is 6.24. The van der Waals surface area contributed by atoms with Crippen LogP contribution in [0, 0.1) is 0 Å². The summed E-state index contributed by atoms with van der Waals surface area (Å²) in [4.78, 5) is 27.8. The standard InChI is InChI=1S/C29H31ClF3N3O5S/c1-19(2)34-28(38)20(3)35(17-21-9-8-10-23(15-21)41-4)27(37)18-36(42(39,40)24-11-6-5-7-12-24)26-16-22(29(31,32)33)13-14-25(26)30/h5-16,19-20H,17-18H2,1-4H3,(H,34,38). The maximum atomic E-state index is 13.9. The Labute approximate surface area is 248 Å². The highest BCUT2D eigenvalue weighted by Gasteiger charge is 2.36. The molecule has 0 aliphatic carbocycles. The van der Waals surface area contributed by atoms with E-state index in [0.29, 0.717) is 27.8 Å². The van der Waals surface area contributed by atoms with Crippen molar-refractivity contribution in [2.24, 2.45) is 0 Å². The molecule has 0 bridgehead atoms. The van der Waals surface area contributed by atoms with Gasteiger partial charge in [-0.05, 0) is 68.8 Å². The summed E-state index contributed by atoms with van der Waals surface area (Å²) in [5.74, 6) is -0.865. The molecule has 0 aromatic heterocycles. The highest BCUT2D eigenvalue weighted by atomic mass is 35.5. The average Bonchev–Trinajstić information content (AvgIpc) is 2.94. The van der Waals surface area contributed by atoms with Gasteiger partial charge in [-0.2, -0.15) is 13.2 Å². The molecule has 3 aromatic carbocycles. The van der Waals surface area contributed by atoms with E-state index in [1.165, 1.54) is 38.3 Å². The Morgan fingerprint density at radius 3 is 2.24 bits per heavy atom. The van der Waals surface area contributed by atoms with Crippen molar-refractivity contribution < 1.29 is 35.9 Å². The van der Waals surface area contributed by atoms with Crippen molar-refractivity contribution in [3.63, 3.8) is 0 Å². The van der Waals surface area contributed by atoms with E-state index in [1.807, 2.05) is 0 Å². The van der Waals surface area contributed by atoms with Gasteiger partial charge in [-0.3, -0.25) is 13.9 Å². The monoisotopic (exact) mass is 625 g/mol. The molecule has 0 saturated carbocycles. The van der Waals surface area contributed by atoms with Crippen LogP contribution in [0.4, 0.5) is 18.9 Å². The van der Waals surface area contributed by atoms with Gasteiger partial charge in [0, 0.05) is 12.6 Å². The molecule has 2 amide bonds. The Kier molecular flexibility index (Phi) is 10.5. The quantitative estimate of drug-likeness (QED) is 0.303. The van der Waals surface area contributed by atoms with E-state index in [1.54, 1.807) is 44.2 Å². The SMILES string of the molecule is COc1cccc(CN(C(=O)CN(c2cc(C(F)(F)F)ccc2Cl)S(=O)(=O)c2ccccc2)C(C)C(=O)NC(C)C)c1. The Morgan fingerprint density at radius 1 is 0.976 bits per heavy atom. The molecule has 0 fully saturated rings. The van der Waals surface area contributed by atoms with E-state index in [2.05, 4.69) is 5.32 Å². The second-order valence-corrected chi connectivity index (χ2v) is 12.0. The first-order chi connectivity index (χ1) is 19.6. The highest BCUT2D eigenvalue weighted by molar-refractivity contribution is 7.92. The van der Waals surface area contributed by atoms with E-state index >= 15 is 0 Å². The number of nitrogens with one attached hydrogen (secondary N) is 1. The van der Waals surface area contributed by atoms with Crippen LogP contribution in [0.3, 0.4) is 0 Å². The number of hydrogen-bond donors (Lipinski definition) is 1. The number of alkyl halides is 3. The number of amides is 2. The molecule has 8 nitrogen and oxygen atoms in total. The minimum Gasteiger partial charge on any atom is -0.497 e. The van der Waals surface area contributed by atoms with Crippen molar-refractivity contribution in [1.29, 1.82) is 0 Å². The lowest BCUT2D eigenvalue weighted by molar-refractivity contribution is -0.139. The van der Waals surface area contributed by atoms with Crippen molar-refractivity contribution >= 4 is 39.1 Å². The van der Waals surface area contributed by atoms with Crippen LogP contribution >= 0.6 is 11.6 Å². The summed E-state index contributed by atoms with van der Waals surface area (Å²) in [5.41, 5.74) is -1.12. The van der Waals surface area contributed by atoms with Crippen LogP contribution in [0.25, 0.3) is 0 Å². The fourth-order valence-corrected chi connectivity index (χ4v) is 5.78. The Hall–Kier alpha value is -3.77. The Balaban J connectivity index is 2.13. The molecular formula is C29H31ClF3N3O5S. The van der Waals surface area contributed by atoms with Gasteiger partial charge in [0.15, 0.2) is 0 Å². The van der Waals surface area contributed by atoms with Gasteiger partial charge in [-0.25, -0.2) is 8.42 Å². The number of carbonyl (C=O) groups is 2. The van der Waals surface area contributed by atoms with Gasteiger partial charge in [0.1, 0.15) is 18.3 Å². The summed E-state index contributed by atoms with van der Waals surface area (Å²) in [6.45, 7) is 3.88. The van der Waals surface area contributed by atoms with Crippen LogP contribution < -0.4 is 14.4 Å². The molecule has 42 heavy (non-hydrogen) atoms. The van der Waals surface area contributed by atoms with Crippen LogP contribution in [0.5, 0.6) is 5.75 Å². The zero-order chi connectivity index (χ0) is 31.2. The molecular weight excluding hydrogens is 595 g/mol. The lowest BCUT2D eigenvalue weighted by Gasteiger charge is -2.32. The number of rotatable bonds is 11. The highest BCUT2D eigenvalue weighted by Crippen LogP contribution is 2.37. The first-order valence-electron chi connectivity index (χ1n) is 12.8. The van der Waals surface area contributed by atoms with E-state index in [4.69, 9.17) is 16.3 Å². The van der Waals surface area contributed by atoms with Gasteiger partial charge < -0.3 is 15.0 Å². The summed E-state index contributed by atoms with van der Waals surface area (Å²) in [6.07, 6.45) is -4.81. The minimum absolute atomic E-state index is 0.127. The van der Waals surface area contributed by atoms with Crippen LogP contribution in [0.15, 0.2) is 77.7 Å². The molecule has 0 aliphatic heterocycles. The number of ether oxygens (including phenoxy) is 1. The molecule has 226 valence electrons. The molecule has 1 atom stereocenters. The van der Waals surface area contributed by atoms with Crippen molar-refractivity contribution in [3.05, 3.63) is 88.9 Å². The van der Waals surface area contributed by atoms with Gasteiger partial charge >= 0.3 is 6.18 Å². The third-order valence-corrected chi connectivity index (χ3v) is 8.33. The smallest absolute Gasteiger partial charge is 0.416 e. The van der Waals surface area contributed by atoms with Crippen molar-refractivity contribution in [2.45, 2.75) is 50.5 Å². The number of carbonyl (C=O) groups excluding carboxylic acids is 2. The van der Waals surface area contributed by atoms with E-state index in [-0.39, 0.29) is 22.5 Å². The summed E-state index contributed by atoms with van der Waals surface area (Å²) in [5, 5.41) is 2.41. The maximum Gasteiger partial charge on any atom is 0.416 e. The lowest BCUT2D eigenvalue weighted by Crippen LogP contribution is -2.52. The topological polar surface area (TPSA) is 96.0 Å². The number of halogens is 4. The fraction of sp³-hybridized carbons (Fsp3) is 0.310. The molecule has 13 heteroatoms. The van der Waals surface area contributed by atoms with Crippen LogP contribution in [-0.4, -0.2) is 50.9 Å². The van der Waals surface area contributed by atoms with Gasteiger partial charge in [0.2, 0.25) is 11.8 Å². The number of methoxy groups -OCH3 is 1. The van der Waals surface area contributed by atoms with Crippen LogP contribution in [-0.2, 0) is 32.3 Å². The predicted octanol–water partition coefficient (Wildman–Crippen LogP) is 5.50. The second-order valence-electron chi connectivity index (χ2n) is 9.70. The first kappa shape index (κ1) is 32.7.